The van der Waals surface area contributed by atoms with E-state index in [2.05, 4.69) is 11.2 Å². The topological polar surface area (TPSA) is 38.3 Å². The third-order valence-corrected chi connectivity index (χ3v) is 3.33. The number of benzene rings is 2. The number of ether oxygens (including phenoxy) is 1. The van der Waals surface area contributed by atoms with Crippen LogP contribution in [0.15, 0.2) is 36.4 Å². The number of hydrogen-bond donors (Lipinski definition) is 1. The Bertz CT molecular complexity index is 670. The molecule has 102 valence electrons. The van der Waals surface area contributed by atoms with Gasteiger partial charge >= 0.3 is 0 Å². The van der Waals surface area contributed by atoms with E-state index in [1.807, 2.05) is 43.3 Å². The van der Waals surface area contributed by atoms with Gasteiger partial charge in [-0.05, 0) is 35.4 Å². The van der Waals surface area contributed by atoms with E-state index in [0.29, 0.717) is 0 Å². The maximum atomic E-state index is 11.9. The molecule has 0 fully saturated rings. The fraction of sp³-hybridized carbons (Fsp3) is 0.235. The fourth-order valence-electron chi connectivity index (χ4n) is 2.08. The minimum atomic E-state index is -0.227. The number of rotatable bonds is 4. The molecular formula is C17H17NO2. The van der Waals surface area contributed by atoms with Gasteiger partial charge in [-0.15, -0.1) is 6.42 Å². The Morgan fingerprint density at radius 1 is 1.30 bits per heavy atom. The normalized spacial score (nSPS) is 11.7. The number of fused-ring (bicyclic) bond motifs is 1. The number of hydrogen-bond acceptors (Lipinski definition) is 2. The van der Waals surface area contributed by atoms with Gasteiger partial charge in [0.25, 0.3) is 0 Å². The lowest BCUT2D eigenvalue weighted by Gasteiger charge is -2.12. The van der Waals surface area contributed by atoms with Gasteiger partial charge in [0.05, 0.1) is 19.6 Å². The number of amides is 1. The summed E-state index contributed by atoms with van der Waals surface area (Å²) in [6.07, 6.45) is 5.14. The summed E-state index contributed by atoms with van der Waals surface area (Å²) >= 11 is 0. The first kappa shape index (κ1) is 14.0. The molecule has 0 bridgehead atoms. The predicted octanol–water partition coefficient (Wildman–Crippen LogP) is 2.70. The number of terminal acetylenes is 1. The zero-order valence-corrected chi connectivity index (χ0v) is 11.6. The molecule has 1 atom stereocenters. The lowest BCUT2D eigenvalue weighted by Crippen LogP contribution is -2.28. The SMILES string of the molecule is C#CCNC(=O)C(C)c1ccc2cc(OC)ccc2c1. The zero-order valence-electron chi connectivity index (χ0n) is 11.6. The second-order valence-electron chi connectivity index (χ2n) is 4.62. The van der Waals surface area contributed by atoms with Crippen LogP contribution in [0.25, 0.3) is 10.8 Å². The molecule has 2 aromatic rings. The lowest BCUT2D eigenvalue weighted by atomic mass is 9.97. The molecule has 0 aromatic heterocycles. The Kier molecular flexibility index (Phi) is 4.27. The van der Waals surface area contributed by atoms with Crippen LogP contribution in [0, 0.1) is 12.3 Å². The molecular weight excluding hydrogens is 250 g/mol. The average molecular weight is 267 g/mol. The number of carbonyl (C=O) groups is 1. The molecule has 2 aromatic carbocycles. The minimum Gasteiger partial charge on any atom is -0.497 e. The van der Waals surface area contributed by atoms with E-state index in [1.54, 1.807) is 7.11 Å². The molecule has 1 amide bonds. The Morgan fingerprint density at radius 2 is 2.00 bits per heavy atom. The van der Waals surface area contributed by atoms with Gasteiger partial charge < -0.3 is 10.1 Å². The molecule has 1 N–H and O–H groups in total. The van der Waals surface area contributed by atoms with Gasteiger partial charge in [-0.1, -0.05) is 30.2 Å². The Balaban J connectivity index is 2.27. The van der Waals surface area contributed by atoms with E-state index < -0.39 is 0 Å². The Morgan fingerprint density at radius 3 is 2.70 bits per heavy atom. The molecule has 1 unspecified atom stereocenters. The molecule has 0 saturated carbocycles. The molecule has 0 heterocycles. The highest BCUT2D eigenvalue weighted by molar-refractivity contribution is 5.88. The van der Waals surface area contributed by atoms with Gasteiger partial charge in [0.15, 0.2) is 0 Å². The van der Waals surface area contributed by atoms with Crippen LogP contribution in [0.3, 0.4) is 0 Å². The van der Waals surface area contributed by atoms with Crippen LogP contribution in [0.1, 0.15) is 18.4 Å². The van der Waals surface area contributed by atoms with Crippen molar-refractivity contribution < 1.29 is 9.53 Å². The summed E-state index contributed by atoms with van der Waals surface area (Å²) in [6, 6.07) is 11.9. The number of methoxy groups -OCH3 is 1. The van der Waals surface area contributed by atoms with Crippen molar-refractivity contribution in [3.05, 3.63) is 42.0 Å². The molecule has 0 aliphatic carbocycles. The van der Waals surface area contributed by atoms with Crippen LogP contribution in [0.2, 0.25) is 0 Å². The summed E-state index contributed by atoms with van der Waals surface area (Å²) in [7, 11) is 1.65. The van der Waals surface area contributed by atoms with Crippen molar-refractivity contribution in [3.8, 4) is 18.1 Å². The monoisotopic (exact) mass is 267 g/mol. The van der Waals surface area contributed by atoms with E-state index in [1.165, 1.54) is 0 Å². The minimum absolute atomic E-state index is 0.0594. The highest BCUT2D eigenvalue weighted by Crippen LogP contribution is 2.25. The van der Waals surface area contributed by atoms with Gasteiger partial charge in [-0.3, -0.25) is 4.79 Å². The molecule has 3 nitrogen and oxygen atoms in total. The van der Waals surface area contributed by atoms with Gasteiger partial charge in [0.2, 0.25) is 5.91 Å². The van der Waals surface area contributed by atoms with E-state index >= 15 is 0 Å². The van der Waals surface area contributed by atoms with Crippen molar-refractivity contribution in [2.24, 2.45) is 0 Å². The smallest absolute Gasteiger partial charge is 0.228 e. The second kappa shape index (κ2) is 6.12. The van der Waals surface area contributed by atoms with Crippen LogP contribution < -0.4 is 10.1 Å². The van der Waals surface area contributed by atoms with Gasteiger partial charge in [0.1, 0.15) is 5.75 Å². The Hall–Kier alpha value is -2.47. The summed E-state index contributed by atoms with van der Waals surface area (Å²) in [5.74, 6) is 2.94. The predicted molar refractivity (Wildman–Crippen MR) is 80.8 cm³/mol. The highest BCUT2D eigenvalue weighted by Gasteiger charge is 2.14. The maximum Gasteiger partial charge on any atom is 0.228 e. The lowest BCUT2D eigenvalue weighted by molar-refractivity contribution is -0.121. The second-order valence-corrected chi connectivity index (χ2v) is 4.62. The standard InChI is InChI=1S/C17H17NO2/c1-4-9-18-17(19)12(2)13-5-6-15-11-16(20-3)8-7-14(15)10-13/h1,5-8,10-12H,9H2,2-3H3,(H,18,19). The van der Waals surface area contributed by atoms with Gasteiger partial charge in [-0.25, -0.2) is 0 Å². The van der Waals surface area contributed by atoms with E-state index in [0.717, 1.165) is 22.1 Å². The fourth-order valence-corrected chi connectivity index (χ4v) is 2.08. The first-order valence-electron chi connectivity index (χ1n) is 6.44. The van der Waals surface area contributed by atoms with Crippen molar-refractivity contribution in [1.29, 1.82) is 0 Å². The number of nitrogens with one attached hydrogen (secondary N) is 1. The third kappa shape index (κ3) is 2.92. The Labute approximate surface area is 118 Å². The van der Waals surface area contributed by atoms with Crippen molar-refractivity contribution >= 4 is 16.7 Å². The first-order valence-corrected chi connectivity index (χ1v) is 6.44. The summed E-state index contributed by atoms with van der Waals surface area (Å²) in [5, 5.41) is 4.87. The van der Waals surface area contributed by atoms with E-state index in [-0.39, 0.29) is 18.4 Å². The highest BCUT2D eigenvalue weighted by atomic mass is 16.5. The molecule has 0 saturated heterocycles. The first-order chi connectivity index (χ1) is 9.65. The van der Waals surface area contributed by atoms with E-state index in [4.69, 9.17) is 11.2 Å². The van der Waals surface area contributed by atoms with Crippen LogP contribution in [-0.2, 0) is 4.79 Å². The summed E-state index contributed by atoms with van der Waals surface area (Å²) < 4.78 is 5.20. The van der Waals surface area contributed by atoms with Crippen LogP contribution >= 0.6 is 0 Å². The average Bonchev–Trinajstić information content (AvgIpc) is 2.50. The largest absolute Gasteiger partial charge is 0.497 e. The van der Waals surface area contributed by atoms with Crippen molar-refractivity contribution in [3.63, 3.8) is 0 Å². The van der Waals surface area contributed by atoms with Crippen molar-refractivity contribution in [2.75, 3.05) is 13.7 Å². The summed E-state index contributed by atoms with van der Waals surface area (Å²) in [5.41, 5.74) is 0.970. The molecule has 0 aliphatic rings. The van der Waals surface area contributed by atoms with Gasteiger partial charge in [0, 0.05) is 0 Å². The van der Waals surface area contributed by atoms with Crippen LogP contribution in [-0.4, -0.2) is 19.6 Å². The zero-order chi connectivity index (χ0) is 14.5. The maximum absolute atomic E-state index is 11.9. The molecule has 2 rings (SSSR count). The molecule has 0 spiro atoms. The van der Waals surface area contributed by atoms with Crippen molar-refractivity contribution in [2.45, 2.75) is 12.8 Å². The molecule has 20 heavy (non-hydrogen) atoms. The summed E-state index contributed by atoms with van der Waals surface area (Å²) in [4.78, 5) is 11.9. The van der Waals surface area contributed by atoms with Crippen molar-refractivity contribution in [1.82, 2.24) is 5.32 Å². The molecule has 0 aliphatic heterocycles. The third-order valence-electron chi connectivity index (χ3n) is 3.33. The van der Waals surface area contributed by atoms with Crippen LogP contribution in [0.5, 0.6) is 5.75 Å². The summed E-state index contributed by atoms with van der Waals surface area (Å²) in [6.45, 7) is 2.13. The van der Waals surface area contributed by atoms with Crippen LogP contribution in [0.4, 0.5) is 0 Å². The molecule has 0 radical (unpaired) electrons. The van der Waals surface area contributed by atoms with Gasteiger partial charge in [-0.2, -0.15) is 0 Å². The molecule has 3 heteroatoms. The number of carbonyl (C=O) groups excluding carboxylic acids is 1. The van der Waals surface area contributed by atoms with E-state index in [9.17, 15) is 4.79 Å². The quantitative estimate of drug-likeness (QED) is 0.865.